The van der Waals surface area contributed by atoms with Crippen molar-refractivity contribution in [3.63, 3.8) is 0 Å². The number of anilines is 1. The molecule has 1 saturated heterocycles. The number of piperidine rings is 1. The van der Waals surface area contributed by atoms with Gasteiger partial charge in [-0.2, -0.15) is 11.8 Å². The molecular formula is C14H20N2OS. The molecule has 1 fully saturated rings. The first-order valence-electron chi connectivity index (χ1n) is 6.48. The molecule has 0 unspecified atom stereocenters. The highest BCUT2D eigenvalue weighted by Gasteiger charge is 2.13. The zero-order valence-corrected chi connectivity index (χ0v) is 11.3. The molecule has 0 aromatic heterocycles. The minimum Gasteiger partial charge on any atom is -0.325 e. The van der Waals surface area contributed by atoms with Crippen molar-refractivity contribution in [2.24, 2.45) is 5.92 Å². The molecule has 1 aromatic rings. The first-order chi connectivity index (χ1) is 8.84. The van der Waals surface area contributed by atoms with E-state index in [1.54, 1.807) is 11.8 Å². The predicted octanol–water partition coefficient (Wildman–Crippen LogP) is 2.36. The summed E-state index contributed by atoms with van der Waals surface area (Å²) in [6.45, 7) is 2.25. The van der Waals surface area contributed by atoms with E-state index in [1.165, 1.54) is 12.8 Å². The molecule has 2 N–H and O–H groups in total. The fraction of sp³-hybridized carbons (Fsp3) is 0.500. The second kappa shape index (κ2) is 7.44. The van der Waals surface area contributed by atoms with Gasteiger partial charge in [0, 0.05) is 5.69 Å². The van der Waals surface area contributed by atoms with E-state index in [2.05, 4.69) is 10.6 Å². The summed E-state index contributed by atoms with van der Waals surface area (Å²) in [5.74, 6) is 2.53. The number of para-hydroxylation sites is 1. The smallest absolute Gasteiger partial charge is 0.234 e. The van der Waals surface area contributed by atoms with Gasteiger partial charge >= 0.3 is 0 Å². The lowest BCUT2D eigenvalue weighted by atomic mass is 10.0. The Hall–Kier alpha value is -1.00. The van der Waals surface area contributed by atoms with Gasteiger partial charge in [-0.25, -0.2) is 0 Å². The maximum Gasteiger partial charge on any atom is 0.234 e. The van der Waals surface area contributed by atoms with E-state index in [9.17, 15) is 4.79 Å². The Labute approximate surface area is 113 Å². The number of nitrogens with one attached hydrogen (secondary N) is 2. The van der Waals surface area contributed by atoms with Crippen LogP contribution in [0.4, 0.5) is 5.69 Å². The number of benzene rings is 1. The average Bonchev–Trinajstić information content (AvgIpc) is 2.41. The van der Waals surface area contributed by atoms with E-state index in [0.717, 1.165) is 30.4 Å². The second-order valence-corrected chi connectivity index (χ2v) is 5.65. The van der Waals surface area contributed by atoms with E-state index in [-0.39, 0.29) is 5.91 Å². The van der Waals surface area contributed by atoms with Crippen molar-refractivity contribution in [1.29, 1.82) is 0 Å². The van der Waals surface area contributed by atoms with Gasteiger partial charge in [0.1, 0.15) is 0 Å². The number of hydrogen-bond donors (Lipinski definition) is 2. The van der Waals surface area contributed by atoms with Crippen LogP contribution < -0.4 is 10.6 Å². The Morgan fingerprint density at radius 1 is 1.28 bits per heavy atom. The van der Waals surface area contributed by atoms with Crippen LogP contribution >= 0.6 is 11.8 Å². The van der Waals surface area contributed by atoms with Gasteiger partial charge in [0.25, 0.3) is 0 Å². The zero-order valence-electron chi connectivity index (χ0n) is 10.5. The van der Waals surface area contributed by atoms with E-state index in [0.29, 0.717) is 5.75 Å². The van der Waals surface area contributed by atoms with Gasteiger partial charge in [-0.3, -0.25) is 4.79 Å². The molecule has 1 aromatic carbocycles. The van der Waals surface area contributed by atoms with Crippen molar-refractivity contribution in [3.8, 4) is 0 Å². The summed E-state index contributed by atoms with van der Waals surface area (Å²) in [5.41, 5.74) is 0.880. The lowest BCUT2D eigenvalue weighted by Crippen LogP contribution is -2.29. The van der Waals surface area contributed by atoms with Gasteiger partial charge in [-0.1, -0.05) is 18.2 Å². The summed E-state index contributed by atoms with van der Waals surface area (Å²) in [6, 6.07) is 9.63. The van der Waals surface area contributed by atoms with Crippen LogP contribution in [0.3, 0.4) is 0 Å². The largest absolute Gasteiger partial charge is 0.325 e. The van der Waals surface area contributed by atoms with E-state index in [1.807, 2.05) is 30.3 Å². The standard InChI is InChI=1S/C14H20N2OS/c17-14(16-13-4-2-1-3-5-13)11-18-10-12-6-8-15-9-7-12/h1-5,12,15H,6-11H2,(H,16,17). The maximum absolute atomic E-state index is 11.7. The topological polar surface area (TPSA) is 41.1 Å². The normalized spacial score (nSPS) is 16.4. The summed E-state index contributed by atoms with van der Waals surface area (Å²) in [4.78, 5) is 11.7. The molecule has 0 bridgehead atoms. The zero-order chi connectivity index (χ0) is 12.6. The predicted molar refractivity (Wildman–Crippen MR) is 78.0 cm³/mol. The van der Waals surface area contributed by atoms with Crippen molar-refractivity contribution >= 4 is 23.4 Å². The van der Waals surface area contributed by atoms with Crippen LogP contribution in [0.1, 0.15) is 12.8 Å². The van der Waals surface area contributed by atoms with Gasteiger partial charge in [-0.15, -0.1) is 0 Å². The molecule has 3 nitrogen and oxygen atoms in total. The van der Waals surface area contributed by atoms with Crippen LogP contribution in [-0.2, 0) is 4.79 Å². The van der Waals surface area contributed by atoms with Crippen molar-refractivity contribution < 1.29 is 4.79 Å². The minimum absolute atomic E-state index is 0.0973. The first-order valence-corrected chi connectivity index (χ1v) is 7.63. The molecular weight excluding hydrogens is 244 g/mol. The van der Waals surface area contributed by atoms with Gasteiger partial charge in [0.2, 0.25) is 5.91 Å². The Balaban J connectivity index is 1.62. The van der Waals surface area contributed by atoms with Crippen LogP contribution in [0.25, 0.3) is 0 Å². The van der Waals surface area contributed by atoms with Gasteiger partial charge < -0.3 is 10.6 Å². The van der Waals surface area contributed by atoms with Crippen LogP contribution in [-0.4, -0.2) is 30.5 Å². The van der Waals surface area contributed by atoms with E-state index >= 15 is 0 Å². The molecule has 2 rings (SSSR count). The van der Waals surface area contributed by atoms with Crippen molar-refractivity contribution in [2.45, 2.75) is 12.8 Å². The summed E-state index contributed by atoms with van der Waals surface area (Å²) in [6.07, 6.45) is 2.49. The quantitative estimate of drug-likeness (QED) is 0.858. The molecule has 0 radical (unpaired) electrons. The molecule has 1 aliphatic rings. The molecule has 0 atom stereocenters. The molecule has 1 heterocycles. The molecule has 4 heteroatoms. The minimum atomic E-state index is 0.0973. The lowest BCUT2D eigenvalue weighted by Gasteiger charge is -2.21. The summed E-state index contributed by atoms with van der Waals surface area (Å²) >= 11 is 1.75. The van der Waals surface area contributed by atoms with E-state index < -0.39 is 0 Å². The summed E-state index contributed by atoms with van der Waals surface area (Å²) in [7, 11) is 0. The molecule has 1 aliphatic heterocycles. The highest BCUT2D eigenvalue weighted by Crippen LogP contribution is 2.18. The summed E-state index contributed by atoms with van der Waals surface area (Å²) in [5, 5.41) is 6.27. The molecule has 98 valence electrons. The third-order valence-electron chi connectivity index (χ3n) is 3.10. The van der Waals surface area contributed by atoms with Crippen LogP contribution in [0.5, 0.6) is 0 Å². The number of rotatable bonds is 5. The molecule has 0 aliphatic carbocycles. The molecule has 18 heavy (non-hydrogen) atoms. The van der Waals surface area contributed by atoms with Gasteiger partial charge in [0.15, 0.2) is 0 Å². The van der Waals surface area contributed by atoms with Gasteiger partial charge in [0.05, 0.1) is 5.75 Å². The van der Waals surface area contributed by atoms with Crippen molar-refractivity contribution in [3.05, 3.63) is 30.3 Å². The summed E-state index contributed by atoms with van der Waals surface area (Å²) < 4.78 is 0. The monoisotopic (exact) mass is 264 g/mol. The van der Waals surface area contributed by atoms with Crippen LogP contribution in [0, 0.1) is 5.92 Å². The Morgan fingerprint density at radius 3 is 2.72 bits per heavy atom. The third-order valence-corrected chi connectivity index (χ3v) is 4.28. The highest BCUT2D eigenvalue weighted by molar-refractivity contribution is 7.99. The first kappa shape index (κ1) is 13.4. The third kappa shape index (κ3) is 4.70. The maximum atomic E-state index is 11.7. The molecule has 0 spiro atoms. The molecule has 1 amide bonds. The fourth-order valence-electron chi connectivity index (χ4n) is 2.09. The fourth-order valence-corrected chi connectivity index (χ4v) is 3.13. The Morgan fingerprint density at radius 2 is 2.00 bits per heavy atom. The Kier molecular flexibility index (Phi) is 5.55. The number of hydrogen-bond acceptors (Lipinski definition) is 3. The van der Waals surface area contributed by atoms with Crippen molar-refractivity contribution in [2.75, 3.05) is 29.9 Å². The lowest BCUT2D eigenvalue weighted by molar-refractivity contribution is -0.113. The Bertz CT molecular complexity index is 363. The molecule has 0 saturated carbocycles. The van der Waals surface area contributed by atoms with Gasteiger partial charge in [-0.05, 0) is 49.7 Å². The number of thioether (sulfide) groups is 1. The number of carbonyl (C=O) groups is 1. The number of amides is 1. The number of carbonyl (C=O) groups excluding carboxylic acids is 1. The SMILES string of the molecule is O=C(CSCC1CCNCC1)Nc1ccccc1. The van der Waals surface area contributed by atoms with Crippen LogP contribution in [0.15, 0.2) is 30.3 Å². The van der Waals surface area contributed by atoms with E-state index in [4.69, 9.17) is 0 Å². The highest BCUT2D eigenvalue weighted by atomic mass is 32.2. The second-order valence-electron chi connectivity index (χ2n) is 4.62. The average molecular weight is 264 g/mol. The van der Waals surface area contributed by atoms with Crippen molar-refractivity contribution in [1.82, 2.24) is 5.32 Å². The van der Waals surface area contributed by atoms with Crippen LogP contribution in [0.2, 0.25) is 0 Å².